The van der Waals surface area contributed by atoms with Gasteiger partial charge in [-0.1, -0.05) is 48.5 Å². The van der Waals surface area contributed by atoms with E-state index in [1.165, 1.54) is 24.9 Å². The van der Waals surface area contributed by atoms with Crippen LogP contribution in [0, 0.1) is 11.3 Å². The van der Waals surface area contributed by atoms with Crippen molar-refractivity contribution in [1.82, 2.24) is 9.36 Å². The molecule has 0 aliphatic carbocycles. The first-order valence-electron chi connectivity index (χ1n) is 10.1. The summed E-state index contributed by atoms with van der Waals surface area (Å²) in [4.78, 5) is 16.7. The number of nitriles is 1. The Bertz CT molecular complexity index is 1200. The molecule has 1 amide bonds. The number of thioether (sulfide) groups is 1. The molecule has 0 saturated carbocycles. The van der Waals surface area contributed by atoms with E-state index in [2.05, 4.69) is 14.7 Å². The molecule has 1 N–H and O–H groups in total. The van der Waals surface area contributed by atoms with E-state index in [-0.39, 0.29) is 17.2 Å². The number of methoxy groups -OCH3 is 1. The zero-order valence-electron chi connectivity index (χ0n) is 18.4. The van der Waals surface area contributed by atoms with Crippen molar-refractivity contribution in [3.8, 4) is 23.3 Å². The van der Waals surface area contributed by atoms with E-state index < -0.39 is 5.91 Å². The molecule has 34 heavy (non-hydrogen) atoms. The number of ether oxygens (including phenoxy) is 3. The minimum Gasteiger partial charge on any atom is -0.493 e. The molecule has 2 aromatic carbocycles. The SMILES string of the molecule is CCSc1nsc(NC(=O)C(C#N)=Cc2cc(Cl)c(OCCOc3ccccc3)c(OC)c2)n1. The van der Waals surface area contributed by atoms with Crippen molar-refractivity contribution < 1.29 is 19.0 Å². The van der Waals surface area contributed by atoms with Crippen LogP contribution in [-0.2, 0) is 4.79 Å². The standard InChI is InChI=1S/C23H21ClN4O4S2/c1-3-33-23-27-22(34-28-23)26-21(29)16(14-25)11-15-12-18(24)20(19(13-15)30-2)32-10-9-31-17-7-5-4-6-8-17/h4-8,11-13H,3,9-10H2,1-2H3,(H,26,27,28,29). The van der Waals surface area contributed by atoms with Crippen LogP contribution >= 0.6 is 34.9 Å². The van der Waals surface area contributed by atoms with Crippen LogP contribution in [0.2, 0.25) is 5.02 Å². The second kappa shape index (κ2) is 12.8. The summed E-state index contributed by atoms with van der Waals surface area (Å²) in [5.41, 5.74) is 0.379. The van der Waals surface area contributed by atoms with Crippen LogP contribution in [0.25, 0.3) is 6.08 Å². The number of nitrogens with one attached hydrogen (secondary N) is 1. The van der Waals surface area contributed by atoms with Gasteiger partial charge in [-0.3, -0.25) is 10.1 Å². The number of nitrogens with zero attached hydrogens (tertiary/aromatic N) is 3. The van der Waals surface area contributed by atoms with E-state index in [0.29, 0.717) is 34.0 Å². The summed E-state index contributed by atoms with van der Waals surface area (Å²) in [5.74, 6) is 1.66. The van der Waals surface area contributed by atoms with E-state index in [1.54, 1.807) is 12.1 Å². The summed E-state index contributed by atoms with van der Waals surface area (Å²) in [6, 6.07) is 14.5. The van der Waals surface area contributed by atoms with E-state index in [4.69, 9.17) is 25.8 Å². The van der Waals surface area contributed by atoms with Crippen LogP contribution in [0.3, 0.4) is 0 Å². The predicted octanol–water partition coefficient (Wildman–Crippen LogP) is 5.32. The summed E-state index contributed by atoms with van der Waals surface area (Å²) < 4.78 is 20.9. The molecule has 0 fully saturated rings. The smallest absolute Gasteiger partial charge is 0.268 e. The minimum absolute atomic E-state index is 0.122. The lowest BCUT2D eigenvalue weighted by molar-refractivity contribution is -0.112. The number of carbonyl (C=O) groups is 1. The van der Waals surface area contributed by atoms with Gasteiger partial charge in [-0.15, -0.1) is 0 Å². The molecular formula is C23H21ClN4O4S2. The molecule has 11 heteroatoms. The second-order valence-electron chi connectivity index (χ2n) is 6.48. The molecule has 0 atom stereocenters. The molecule has 0 aliphatic rings. The lowest BCUT2D eigenvalue weighted by atomic mass is 10.1. The Morgan fingerprint density at radius 3 is 2.74 bits per heavy atom. The van der Waals surface area contributed by atoms with Crippen LogP contribution in [0.4, 0.5) is 5.13 Å². The lowest BCUT2D eigenvalue weighted by Gasteiger charge is -2.14. The third-order valence-electron chi connectivity index (χ3n) is 4.17. The quantitative estimate of drug-likeness (QED) is 0.158. The minimum atomic E-state index is -0.597. The summed E-state index contributed by atoms with van der Waals surface area (Å²) in [7, 11) is 1.48. The van der Waals surface area contributed by atoms with Gasteiger partial charge in [0, 0.05) is 11.5 Å². The zero-order valence-corrected chi connectivity index (χ0v) is 20.8. The molecule has 0 aliphatic heterocycles. The summed E-state index contributed by atoms with van der Waals surface area (Å²) in [5, 5.41) is 13.3. The number of para-hydroxylation sites is 1. The van der Waals surface area contributed by atoms with Gasteiger partial charge < -0.3 is 14.2 Å². The fraction of sp³-hybridized carbons (Fsp3) is 0.217. The molecule has 1 aromatic heterocycles. The van der Waals surface area contributed by atoms with Crippen molar-refractivity contribution in [2.45, 2.75) is 12.1 Å². The number of aromatic nitrogens is 2. The van der Waals surface area contributed by atoms with Crippen LogP contribution in [0.15, 0.2) is 53.2 Å². The molecule has 3 aromatic rings. The van der Waals surface area contributed by atoms with Gasteiger partial charge in [0.05, 0.1) is 12.1 Å². The molecular weight excluding hydrogens is 496 g/mol. The molecule has 0 saturated heterocycles. The van der Waals surface area contributed by atoms with Gasteiger partial charge in [-0.2, -0.15) is 14.6 Å². The topological polar surface area (TPSA) is 106 Å². The fourth-order valence-electron chi connectivity index (χ4n) is 2.71. The number of anilines is 1. The Morgan fingerprint density at radius 1 is 1.26 bits per heavy atom. The predicted molar refractivity (Wildman–Crippen MR) is 134 cm³/mol. The first kappa shape index (κ1) is 25.4. The molecule has 8 nitrogen and oxygen atoms in total. The van der Waals surface area contributed by atoms with Crippen molar-refractivity contribution in [2.75, 3.05) is 31.4 Å². The Balaban J connectivity index is 1.68. The average molecular weight is 517 g/mol. The Morgan fingerprint density at radius 2 is 2.03 bits per heavy atom. The molecule has 0 unspecified atom stereocenters. The maximum Gasteiger partial charge on any atom is 0.268 e. The monoisotopic (exact) mass is 516 g/mol. The number of rotatable bonds is 11. The van der Waals surface area contributed by atoms with Crippen molar-refractivity contribution in [2.24, 2.45) is 0 Å². The third-order valence-corrected chi connectivity index (χ3v) is 5.93. The summed E-state index contributed by atoms with van der Waals surface area (Å²) >= 11 is 8.91. The number of amides is 1. The Labute approximate surface area is 210 Å². The highest BCUT2D eigenvalue weighted by Crippen LogP contribution is 2.37. The molecule has 0 radical (unpaired) electrons. The third kappa shape index (κ3) is 7.12. The van der Waals surface area contributed by atoms with Gasteiger partial charge in [0.15, 0.2) is 11.5 Å². The van der Waals surface area contributed by atoms with Gasteiger partial charge in [0.25, 0.3) is 5.91 Å². The Hall–Kier alpha value is -3.26. The van der Waals surface area contributed by atoms with Crippen molar-refractivity contribution in [3.63, 3.8) is 0 Å². The fourth-order valence-corrected chi connectivity index (χ4v) is 4.25. The normalized spacial score (nSPS) is 10.9. The molecule has 3 rings (SSSR count). The largest absolute Gasteiger partial charge is 0.493 e. The van der Waals surface area contributed by atoms with Gasteiger partial charge >= 0.3 is 0 Å². The maximum absolute atomic E-state index is 12.5. The second-order valence-corrected chi connectivity index (χ2v) is 8.87. The summed E-state index contributed by atoms with van der Waals surface area (Å²) in [6.07, 6.45) is 1.41. The van der Waals surface area contributed by atoms with E-state index >= 15 is 0 Å². The number of halogens is 1. The average Bonchev–Trinajstić information content (AvgIpc) is 3.28. The number of hydrogen-bond donors (Lipinski definition) is 1. The van der Waals surface area contributed by atoms with Gasteiger partial charge in [0.2, 0.25) is 10.3 Å². The van der Waals surface area contributed by atoms with Crippen LogP contribution < -0.4 is 19.5 Å². The van der Waals surface area contributed by atoms with Gasteiger partial charge in [-0.25, -0.2) is 0 Å². The highest BCUT2D eigenvalue weighted by molar-refractivity contribution is 7.99. The highest BCUT2D eigenvalue weighted by atomic mass is 35.5. The molecule has 0 spiro atoms. The molecule has 1 heterocycles. The van der Waals surface area contributed by atoms with E-state index in [1.807, 2.05) is 43.3 Å². The van der Waals surface area contributed by atoms with Crippen LogP contribution in [0.5, 0.6) is 17.2 Å². The van der Waals surface area contributed by atoms with Crippen LogP contribution in [-0.4, -0.2) is 41.3 Å². The van der Waals surface area contributed by atoms with Gasteiger partial charge in [-0.05, 0) is 41.7 Å². The van der Waals surface area contributed by atoms with E-state index in [0.717, 1.165) is 23.0 Å². The van der Waals surface area contributed by atoms with Gasteiger partial charge in [0.1, 0.15) is 30.6 Å². The van der Waals surface area contributed by atoms with E-state index in [9.17, 15) is 10.1 Å². The zero-order chi connectivity index (χ0) is 24.3. The summed E-state index contributed by atoms with van der Waals surface area (Å²) in [6.45, 7) is 2.54. The van der Waals surface area contributed by atoms with Crippen molar-refractivity contribution >= 4 is 52.0 Å². The van der Waals surface area contributed by atoms with Crippen molar-refractivity contribution in [1.29, 1.82) is 5.26 Å². The number of benzene rings is 2. The first-order valence-corrected chi connectivity index (χ1v) is 12.3. The van der Waals surface area contributed by atoms with Crippen molar-refractivity contribution in [3.05, 3.63) is 58.6 Å². The highest BCUT2D eigenvalue weighted by Gasteiger charge is 2.16. The van der Waals surface area contributed by atoms with Crippen LogP contribution in [0.1, 0.15) is 12.5 Å². The first-order chi connectivity index (χ1) is 16.5. The Kier molecular flexibility index (Phi) is 9.58. The molecule has 176 valence electrons. The lowest BCUT2D eigenvalue weighted by Crippen LogP contribution is -2.13. The number of hydrogen-bond acceptors (Lipinski definition) is 9. The molecule has 0 bridgehead atoms. The maximum atomic E-state index is 12.5. The number of carbonyl (C=O) groups excluding carboxylic acids is 1.